The van der Waals surface area contributed by atoms with Gasteiger partial charge in [-0.3, -0.25) is 0 Å². The van der Waals surface area contributed by atoms with Crippen molar-refractivity contribution in [3.63, 3.8) is 0 Å². The molecule has 0 fully saturated rings. The first kappa shape index (κ1) is 19.2. The SMILES string of the molecule is COc1ccc(F)c(-c2ccc(CI)cc2[C@@H](OC)C(C)(C)C)c1. The quantitative estimate of drug-likeness (QED) is 0.407. The molecule has 4 heteroatoms. The van der Waals surface area contributed by atoms with Crippen LogP contribution in [-0.2, 0) is 9.16 Å². The van der Waals surface area contributed by atoms with E-state index in [0.29, 0.717) is 11.3 Å². The smallest absolute Gasteiger partial charge is 0.131 e. The number of hydrogen-bond donors (Lipinski definition) is 0. The van der Waals surface area contributed by atoms with Gasteiger partial charge in [-0.1, -0.05) is 61.6 Å². The van der Waals surface area contributed by atoms with E-state index in [1.54, 1.807) is 26.4 Å². The minimum Gasteiger partial charge on any atom is -0.497 e. The standard InChI is InChI=1S/C20H24FIO2/c1-20(2,3)19(24-5)17-10-13(12-22)6-8-15(17)16-11-14(23-4)7-9-18(16)21/h6-11,19H,12H2,1-5H3/t19-/m1/s1. The van der Waals surface area contributed by atoms with Crippen molar-refractivity contribution in [3.8, 4) is 16.9 Å². The topological polar surface area (TPSA) is 18.5 Å². The van der Waals surface area contributed by atoms with E-state index >= 15 is 0 Å². The lowest BCUT2D eigenvalue weighted by molar-refractivity contribution is 0.0155. The molecule has 0 radical (unpaired) electrons. The zero-order valence-electron chi connectivity index (χ0n) is 14.8. The van der Waals surface area contributed by atoms with Gasteiger partial charge in [0, 0.05) is 17.1 Å². The third kappa shape index (κ3) is 4.09. The summed E-state index contributed by atoms with van der Waals surface area (Å²) in [5, 5.41) is 0. The summed E-state index contributed by atoms with van der Waals surface area (Å²) in [4.78, 5) is 0. The van der Waals surface area contributed by atoms with Crippen LogP contribution in [0.25, 0.3) is 11.1 Å². The third-order valence-electron chi connectivity index (χ3n) is 4.04. The van der Waals surface area contributed by atoms with Crippen LogP contribution in [0, 0.1) is 11.2 Å². The maximum absolute atomic E-state index is 14.5. The van der Waals surface area contributed by atoms with Crippen molar-refractivity contribution in [3.05, 3.63) is 53.3 Å². The van der Waals surface area contributed by atoms with Gasteiger partial charge < -0.3 is 9.47 Å². The molecule has 0 heterocycles. The molecule has 0 aliphatic rings. The van der Waals surface area contributed by atoms with Crippen molar-refractivity contribution in [2.24, 2.45) is 5.41 Å². The molecule has 0 spiro atoms. The second-order valence-electron chi connectivity index (χ2n) is 6.88. The molecule has 0 N–H and O–H groups in total. The van der Waals surface area contributed by atoms with Crippen molar-refractivity contribution in [2.75, 3.05) is 14.2 Å². The Balaban J connectivity index is 2.70. The van der Waals surface area contributed by atoms with E-state index in [4.69, 9.17) is 9.47 Å². The van der Waals surface area contributed by atoms with Crippen LogP contribution in [0.15, 0.2) is 36.4 Å². The highest BCUT2D eigenvalue weighted by molar-refractivity contribution is 14.1. The Morgan fingerprint density at radius 1 is 1.04 bits per heavy atom. The molecule has 2 aromatic rings. The van der Waals surface area contributed by atoms with Gasteiger partial charge in [-0.25, -0.2) is 4.39 Å². The number of benzene rings is 2. The minimum absolute atomic E-state index is 0.108. The minimum atomic E-state index is -0.261. The molecule has 0 aromatic heterocycles. The largest absolute Gasteiger partial charge is 0.497 e. The van der Waals surface area contributed by atoms with E-state index in [1.807, 2.05) is 12.1 Å². The first-order chi connectivity index (χ1) is 11.3. The number of rotatable bonds is 5. The summed E-state index contributed by atoms with van der Waals surface area (Å²) in [5.41, 5.74) is 3.48. The zero-order valence-corrected chi connectivity index (χ0v) is 17.0. The first-order valence-corrected chi connectivity index (χ1v) is 9.40. The Labute approximate surface area is 157 Å². The molecule has 24 heavy (non-hydrogen) atoms. The van der Waals surface area contributed by atoms with Crippen LogP contribution in [0.4, 0.5) is 4.39 Å². The summed E-state index contributed by atoms with van der Waals surface area (Å²) in [5.74, 6) is 0.378. The normalized spacial score (nSPS) is 13.0. The number of hydrogen-bond acceptors (Lipinski definition) is 2. The summed E-state index contributed by atoms with van der Waals surface area (Å²) >= 11 is 2.34. The summed E-state index contributed by atoms with van der Waals surface area (Å²) in [6.45, 7) is 6.39. The van der Waals surface area contributed by atoms with Crippen molar-refractivity contribution >= 4 is 22.6 Å². The summed E-state index contributed by atoms with van der Waals surface area (Å²) in [6.07, 6.45) is -0.138. The summed E-state index contributed by atoms with van der Waals surface area (Å²) < 4.78 is 26.5. The molecule has 0 aliphatic heterocycles. The van der Waals surface area contributed by atoms with Gasteiger partial charge in [-0.05, 0) is 40.3 Å². The van der Waals surface area contributed by atoms with Gasteiger partial charge in [0.25, 0.3) is 0 Å². The molecule has 0 saturated heterocycles. The maximum atomic E-state index is 14.5. The molecule has 0 amide bonds. The lowest BCUT2D eigenvalue weighted by Crippen LogP contribution is -2.21. The Hall–Kier alpha value is -1.14. The van der Waals surface area contributed by atoms with Crippen LogP contribution >= 0.6 is 22.6 Å². The number of halogens is 2. The van der Waals surface area contributed by atoms with Crippen LogP contribution in [-0.4, -0.2) is 14.2 Å². The molecule has 2 aromatic carbocycles. The van der Waals surface area contributed by atoms with Crippen molar-refractivity contribution in [2.45, 2.75) is 31.3 Å². The predicted molar refractivity (Wildman–Crippen MR) is 105 cm³/mol. The molecule has 0 aliphatic carbocycles. The number of methoxy groups -OCH3 is 2. The molecule has 130 valence electrons. The molecular formula is C20H24FIO2. The van der Waals surface area contributed by atoms with Gasteiger partial charge in [0.1, 0.15) is 11.6 Å². The van der Waals surface area contributed by atoms with Gasteiger partial charge in [-0.15, -0.1) is 0 Å². The van der Waals surface area contributed by atoms with Gasteiger partial charge in [0.05, 0.1) is 13.2 Å². The van der Waals surface area contributed by atoms with E-state index in [9.17, 15) is 4.39 Å². The lowest BCUT2D eigenvalue weighted by Gasteiger charge is -2.31. The van der Waals surface area contributed by atoms with Gasteiger partial charge in [0.2, 0.25) is 0 Å². The van der Waals surface area contributed by atoms with Crippen molar-refractivity contribution in [1.29, 1.82) is 0 Å². The number of ether oxygens (including phenoxy) is 2. The third-order valence-corrected chi connectivity index (χ3v) is 4.92. The van der Waals surface area contributed by atoms with Gasteiger partial charge in [-0.2, -0.15) is 0 Å². The van der Waals surface area contributed by atoms with Crippen LogP contribution in [0.1, 0.15) is 38.0 Å². The Morgan fingerprint density at radius 2 is 1.75 bits per heavy atom. The fourth-order valence-electron chi connectivity index (χ4n) is 2.94. The summed E-state index contributed by atoms with van der Waals surface area (Å²) in [6, 6.07) is 11.0. The fourth-order valence-corrected chi connectivity index (χ4v) is 3.42. The van der Waals surface area contributed by atoms with E-state index in [0.717, 1.165) is 15.6 Å². The predicted octanol–water partition coefficient (Wildman–Crippen LogP) is 6.17. The monoisotopic (exact) mass is 442 g/mol. The van der Waals surface area contributed by atoms with Crippen molar-refractivity contribution in [1.82, 2.24) is 0 Å². The molecular weight excluding hydrogens is 418 g/mol. The zero-order chi connectivity index (χ0) is 17.9. The summed E-state index contributed by atoms with van der Waals surface area (Å²) in [7, 11) is 3.29. The van der Waals surface area contributed by atoms with Crippen LogP contribution in [0.2, 0.25) is 0 Å². The molecule has 1 atom stereocenters. The molecule has 2 nitrogen and oxygen atoms in total. The van der Waals surface area contributed by atoms with Gasteiger partial charge in [0.15, 0.2) is 0 Å². The highest BCUT2D eigenvalue weighted by Gasteiger charge is 2.29. The molecule has 2 rings (SSSR count). The second kappa shape index (κ2) is 7.83. The maximum Gasteiger partial charge on any atom is 0.131 e. The average Bonchev–Trinajstić information content (AvgIpc) is 2.55. The van der Waals surface area contributed by atoms with E-state index < -0.39 is 0 Å². The van der Waals surface area contributed by atoms with E-state index in [-0.39, 0.29) is 17.3 Å². The van der Waals surface area contributed by atoms with Crippen LogP contribution in [0.5, 0.6) is 5.75 Å². The van der Waals surface area contributed by atoms with Gasteiger partial charge >= 0.3 is 0 Å². The Bertz CT molecular complexity index is 707. The fraction of sp³-hybridized carbons (Fsp3) is 0.400. The second-order valence-corrected chi connectivity index (χ2v) is 7.65. The molecule has 0 saturated carbocycles. The first-order valence-electron chi connectivity index (χ1n) is 7.87. The highest BCUT2D eigenvalue weighted by atomic mass is 127. The van der Waals surface area contributed by atoms with E-state index in [1.165, 1.54) is 11.6 Å². The number of alkyl halides is 1. The average molecular weight is 442 g/mol. The van der Waals surface area contributed by atoms with Crippen molar-refractivity contribution < 1.29 is 13.9 Å². The molecule has 0 unspecified atom stereocenters. The highest BCUT2D eigenvalue weighted by Crippen LogP contribution is 2.42. The van der Waals surface area contributed by atoms with E-state index in [2.05, 4.69) is 49.4 Å². The Kier molecular flexibility index (Phi) is 6.26. The molecule has 0 bridgehead atoms. The van der Waals surface area contributed by atoms with Crippen LogP contribution in [0.3, 0.4) is 0 Å². The Morgan fingerprint density at radius 3 is 2.29 bits per heavy atom. The lowest BCUT2D eigenvalue weighted by atomic mass is 9.81. The van der Waals surface area contributed by atoms with Crippen LogP contribution < -0.4 is 4.74 Å².